The van der Waals surface area contributed by atoms with Gasteiger partial charge in [0.05, 0.1) is 12.7 Å². The van der Waals surface area contributed by atoms with Gasteiger partial charge in [-0.2, -0.15) is 0 Å². The van der Waals surface area contributed by atoms with Gasteiger partial charge in [-0.25, -0.2) is 4.79 Å². The van der Waals surface area contributed by atoms with Gasteiger partial charge in [0.25, 0.3) is 0 Å². The van der Waals surface area contributed by atoms with Crippen LogP contribution in [-0.4, -0.2) is 38.9 Å². The molecule has 1 aliphatic carbocycles. The van der Waals surface area contributed by atoms with Crippen molar-refractivity contribution in [3.05, 3.63) is 47.6 Å². The van der Waals surface area contributed by atoms with Crippen molar-refractivity contribution < 1.29 is 28.5 Å². The van der Waals surface area contributed by atoms with E-state index in [1.807, 2.05) is 6.92 Å². The molecule has 152 valence electrons. The van der Waals surface area contributed by atoms with Crippen LogP contribution in [0.4, 0.5) is 0 Å². The summed E-state index contributed by atoms with van der Waals surface area (Å²) in [6.45, 7) is 2.59. The first-order chi connectivity index (χ1) is 13.5. The van der Waals surface area contributed by atoms with Crippen molar-refractivity contribution in [1.82, 2.24) is 0 Å². The third-order valence-electron chi connectivity index (χ3n) is 4.39. The van der Waals surface area contributed by atoms with Gasteiger partial charge in [-0.1, -0.05) is 12.5 Å². The molecule has 6 heteroatoms. The quantitative estimate of drug-likeness (QED) is 0.344. The predicted octanol–water partition coefficient (Wildman–Crippen LogP) is 3.91. The Morgan fingerprint density at radius 2 is 1.96 bits per heavy atom. The van der Waals surface area contributed by atoms with Gasteiger partial charge in [-0.15, -0.1) is 0 Å². The maximum absolute atomic E-state index is 12.3. The third-order valence-corrected chi connectivity index (χ3v) is 4.39. The van der Waals surface area contributed by atoms with E-state index in [0.717, 1.165) is 30.6 Å². The van der Waals surface area contributed by atoms with Crippen molar-refractivity contribution in [2.45, 2.75) is 45.1 Å². The second-order valence-corrected chi connectivity index (χ2v) is 6.61. The molecule has 0 N–H and O–H groups in total. The molecular formula is C22H28O6. The number of rotatable bonds is 10. The summed E-state index contributed by atoms with van der Waals surface area (Å²) in [6, 6.07) is 5.20. The maximum Gasteiger partial charge on any atom is 0.343 e. The summed E-state index contributed by atoms with van der Waals surface area (Å²) >= 11 is 0. The lowest BCUT2D eigenvalue weighted by atomic mass is 10.0. The van der Waals surface area contributed by atoms with E-state index in [2.05, 4.69) is 0 Å². The van der Waals surface area contributed by atoms with Gasteiger partial charge < -0.3 is 18.9 Å². The number of benzene rings is 1. The lowest BCUT2D eigenvalue weighted by Crippen LogP contribution is -2.19. The van der Waals surface area contributed by atoms with Crippen LogP contribution in [0.25, 0.3) is 0 Å². The smallest absolute Gasteiger partial charge is 0.343 e. The first-order valence-electron chi connectivity index (χ1n) is 9.47. The van der Waals surface area contributed by atoms with Crippen LogP contribution in [0.1, 0.15) is 37.7 Å². The number of hydrogen-bond acceptors (Lipinski definition) is 6. The van der Waals surface area contributed by atoms with Gasteiger partial charge in [0.1, 0.15) is 17.6 Å². The van der Waals surface area contributed by atoms with Gasteiger partial charge in [0.2, 0.25) is 0 Å². The first kappa shape index (κ1) is 21.7. The average Bonchev–Trinajstić information content (AvgIpc) is 2.68. The highest BCUT2D eigenvalue weighted by Gasteiger charge is 2.18. The summed E-state index contributed by atoms with van der Waals surface area (Å²) in [6.07, 6.45) is 8.26. The van der Waals surface area contributed by atoms with E-state index in [4.69, 9.17) is 18.9 Å². The highest BCUT2D eigenvalue weighted by molar-refractivity contribution is 5.93. The molecule has 0 amide bonds. The normalized spacial score (nSPS) is 15.7. The highest BCUT2D eigenvalue weighted by atomic mass is 16.5. The summed E-state index contributed by atoms with van der Waals surface area (Å²) < 4.78 is 21.0. The van der Waals surface area contributed by atoms with Crippen molar-refractivity contribution >= 4 is 11.9 Å². The van der Waals surface area contributed by atoms with Crippen LogP contribution in [-0.2, 0) is 19.1 Å². The number of methoxy groups -OCH3 is 2. The van der Waals surface area contributed by atoms with E-state index in [0.29, 0.717) is 30.8 Å². The monoisotopic (exact) mass is 388 g/mol. The van der Waals surface area contributed by atoms with Crippen LogP contribution in [0.5, 0.6) is 11.5 Å². The Labute approximate surface area is 166 Å². The molecule has 6 nitrogen and oxygen atoms in total. The van der Waals surface area contributed by atoms with Crippen LogP contribution in [0, 0.1) is 6.92 Å². The SMILES string of the molecule is COCCCCCC(=O)OC1C=CC(C(=O)Oc2ccc(OC)c(C)c2)=CC1. The molecule has 0 saturated heterocycles. The zero-order chi connectivity index (χ0) is 20.4. The lowest BCUT2D eigenvalue weighted by molar-refractivity contribution is -0.146. The molecule has 28 heavy (non-hydrogen) atoms. The molecule has 2 rings (SSSR count). The van der Waals surface area contributed by atoms with E-state index in [-0.39, 0.29) is 12.1 Å². The number of esters is 2. The van der Waals surface area contributed by atoms with E-state index in [1.54, 1.807) is 50.6 Å². The van der Waals surface area contributed by atoms with Crippen molar-refractivity contribution in [2.24, 2.45) is 0 Å². The van der Waals surface area contributed by atoms with Gasteiger partial charge in [0, 0.05) is 26.6 Å². The van der Waals surface area contributed by atoms with Crippen molar-refractivity contribution in [3.8, 4) is 11.5 Å². The van der Waals surface area contributed by atoms with E-state index >= 15 is 0 Å². The molecular weight excluding hydrogens is 360 g/mol. The molecule has 0 radical (unpaired) electrons. The van der Waals surface area contributed by atoms with Crippen molar-refractivity contribution in [3.63, 3.8) is 0 Å². The minimum absolute atomic E-state index is 0.222. The molecule has 0 fully saturated rings. The Hall–Kier alpha value is -2.60. The largest absolute Gasteiger partial charge is 0.496 e. The molecule has 0 saturated carbocycles. The standard InChI is InChI=1S/C22H28O6/c1-16-15-19(12-13-20(16)26-3)28-22(24)17-8-10-18(11-9-17)27-21(23)7-5-4-6-14-25-2/h8-10,12-13,15,18H,4-7,11,14H2,1-3H3. The zero-order valence-corrected chi connectivity index (χ0v) is 16.7. The molecule has 0 aliphatic heterocycles. The Morgan fingerprint density at radius 1 is 1.14 bits per heavy atom. The number of hydrogen-bond donors (Lipinski definition) is 0. The van der Waals surface area contributed by atoms with E-state index < -0.39 is 5.97 Å². The predicted molar refractivity (Wildman–Crippen MR) is 105 cm³/mol. The fourth-order valence-corrected chi connectivity index (χ4v) is 2.84. The Kier molecular flexibility index (Phi) is 8.75. The van der Waals surface area contributed by atoms with E-state index in [9.17, 15) is 9.59 Å². The van der Waals surface area contributed by atoms with Gasteiger partial charge >= 0.3 is 11.9 Å². The molecule has 1 aliphatic rings. The molecule has 1 atom stereocenters. The van der Waals surface area contributed by atoms with E-state index in [1.165, 1.54) is 0 Å². The van der Waals surface area contributed by atoms with Crippen LogP contribution in [0.15, 0.2) is 42.0 Å². The van der Waals surface area contributed by atoms with Crippen molar-refractivity contribution in [2.75, 3.05) is 20.8 Å². The summed E-state index contributed by atoms with van der Waals surface area (Å²) in [5.41, 5.74) is 1.33. The summed E-state index contributed by atoms with van der Waals surface area (Å²) in [5, 5.41) is 0. The zero-order valence-electron chi connectivity index (χ0n) is 16.7. The number of unbranched alkanes of at least 4 members (excludes halogenated alkanes) is 2. The second-order valence-electron chi connectivity index (χ2n) is 6.61. The van der Waals surface area contributed by atoms with Gasteiger partial charge in [0.15, 0.2) is 0 Å². The fraction of sp³-hybridized carbons (Fsp3) is 0.455. The summed E-state index contributed by atoms with van der Waals surface area (Å²) in [7, 11) is 3.26. The molecule has 1 unspecified atom stereocenters. The van der Waals surface area contributed by atoms with Crippen LogP contribution in [0.3, 0.4) is 0 Å². The van der Waals surface area contributed by atoms with Crippen LogP contribution < -0.4 is 9.47 Å². The number of carbonyl (C=O) groups excluding carboxylic acids is 2. The molecule has 0 bridgehead atoms. The van der Waals surface area contributed by atoms with Crippen molar-refractivity contribution in [1.29, 1.82) is 0 Å². The average molecular weight is 388 g/mol. The topological polar surface area (TPSA) is 71.1 Å². The molecule has 0 spiro atoms. The van der Waals surface area contributed by atoms with Crippen LogP contribution >= 0.6 is 0 Å². The van der Waals surface area contributed by atoms with Crippen LogP contribution in [0.2, 0.25) is 0 Å². The molecule has 1 aromatic carbocycles. The Balaban J connectivity index is 1.77. The molecule has 0 heterocycles. The minimum Gasteiger partial charge on any atom is -0.496 e. The summed E-state index contributed by atoms with van der Waals surface area (Å²) in [4.78, 5) is 24.2. The maximum atomic E-state index is 12.3. The second kappa shape index (κ2) is 11.3. The fourth-order valence-electron chi connectivity index (χ4n) is 2.84. The molecule has 0 aromatic heterocycles. The number of ether oxygens (including phenoxy) is 4. The Morgan fingerprint density at radius 3 is 2.61 bits per heavy atom. The third kappa shape index (κ3) is 6.85. The highest BCUT2D eigenvalue weighted by Crippen LogP contribution is 2.24. The van der Waals surface area contributed by atoms with Gasteiger partial charge in [-0.3, -0.25) is 4.79 Å². The number of aryl methyl sites for hydroxylation is 1. The number of carbonyl (C=O) groups is 2. The summed E-state index contributed by atoms with van der Waals surface area (Å²) in [5.74, 6) is 0.531. The first-order valence-corrected chi connectivity index (χ1v) is 9.47. The minimum atomic E-state index is -0.441. The van der Waals surface area contributed by atoms with Gasteiger partial charge in [-0.05, 0) is 55.7 Å². The Bertz CT molecular complexity index is 735. The lowest BCUT2D eigenvalue weighted by Gasteiger charge is -2.17. The molecule has 1 aromatic rings.